The van der Waals surface area contributed by atoms with Gasteiger partial charge in [0.15, 0.2) is 11.9 Å². The highest BCUT2D eigenvalue weighted by Gasteiger charge is 2.36. The average Bonchev–Trinajstić information content (AvgIpc) is 2.55. The third kappa shape index (κ3) is 2.03. The van der Waals surface area contributed by atoms with Crippen LogP contribution < -0.4 is 0 Å². The Morgan fingerprint density at radius 3 is 2.47 bits per heavy atom. The molecular formula is C12H10ClNO3. The number of benzene rings is 1. The Kier molecular flexibility index (Phi) is 2.90. The lowest BCUT2D eigenvalue weighted by Crippen LogP contribution is -2.06. The van der Waals surface area contributed by atoms with Crippen molar-refractivity contribution in [3.63, 3.8) is 0 Å². The molecule has 5 heteroatoms. The fraction of sp³-hybridized carbons (Fsp3) is 0.167. The number of carbonyl (C=O) groups is 1. The van der Waals surface area contributed by atoms with Gasteiger partial charge in [-0.3, -0.25) is 0 Å². The Hall–Kier alpha value is -1.81. The number of esters is 1. The molecule has 1 aliphatic heterocycles. The summed E-state index contributed by atoms with van der Waals surface area (Å²) in [7, 11) is 0. The van der Waals surface area contributed by atoms with Crippen molar-refractivity contribution in [2.24, 2.45) is 0 Å². The van der Waals surface area contributed by atoms with E-state index in [-0.39, 0.29) is 17.0 Å². The monoisotopic (exact) mass is 251 g/mol. The van der Waals surface area contributed by atoms with Gasteiger partial charge in [0.25, 0.3) is 0 Å². The number of hydrogen-bond acceptors (Lipinski definition) is 4. The lowest BCUT2D eigenvalue weighted by Gasteiger charge is -2.10. The van der Waals surface area contributed by atoms with Crippen LogP contribution in [0.3, 0.4) is 0 Å². The van der Waals surface area contributed by atoms with Crippen LogP contribution in [0.2, 0.25) is 5.02 Å². The first-order valence-electron chi connectivity index (χ1n) is 4.96. The molecule has 1 unspecified atom stereocenters. The molecule has 1 aromatic carbocycles. The molecule has 88 valence electrons. The highest BCUT2D eigenvalue weighted by Crippen LogP contribution is 2.34. The summed E-state index contributed by atoms with van der Waals surface area (Å²) in [6, 6.07) is 6.62. The molecule has 2 rings (SSSR count). The summed E-state index contributed by atoms with van der Waals surface area (Å²) in [4.78, 5) is 11.5. The van der Waals surface area contributed by atoms with E-state index < -0.39 is 12.1 Å². The van der Waals surface area contributed by atoms with E-state index in [1.807, 2.05) is 0 Å². The summed E-state index contributed by atoms with van der Waals surface area (Å²) < 4.78 is 5.03. The normalized spacial score (nSPS) is 19.4. The first-order valence-corrected chi connectivity index (χ1v) is 5.33. The molecule has 4 nitrogen and oxygen atoms in total. The molecule has 0 saturated heterocycles. The van der Waals surface area contributed by atoms with Gasteiger partial charge in [0.2, 0.25) is 0 Å². The van der Waals surface area contributed by atoms with Gasteiger partial charge in [-0.05, 0) is 19.1 Å². The van der Waals surface area contributed by atoms with Crippen molar-refractivity contribution in [2.45, 2.75) is 13.0 Å². The van der Waals surface area contributed by atoms with E-state index >= 15 is 0 Å². The van der Waals surface area contributed by atoms with E-state index in [2.05, 4.69) is 0 Å². The molecule has 0 spiro atoms. The van der Waals surface area contributed by atoms with Crippen molar-refractivity contribution >= 4 is 23.3 Å². The Balaban J connectivity index is 2.40. The number of hydrogen-bond donors (Lipinski definition) is 2. The molecule has 1 aliphatic rings. The van der Waals surface area contributed by atoms with Gasteiger partial charge < -0.3 is 15.3 Å². The van der Waals surface area contributed by atoms with Crippen molar-refractivity contribution in [2.75, 3.05) is 0 Å². The van der Waals surface area contributed by atoms with E-state index in [0.29, 0.717) is 10.6 Å². The molecule has 17 heavy (non-hydrogen) atoms. The molecule has 0 saturated carbocycles. The van der Waals surface area contributed by atoms with Crippen LogP contribution >= 0.6 is 11.6 Å². The predicted molar refractivity (Wildman–Crippen MR) is 63.3 cm³/mol. The van der Waals surface area contributed by atoms with Crippen molar-refractivity contribution in [3.05, 3.63) is 46.2 Å². The smallest absolute Gasteiger partial charge is 0.344 e. The van der Waals surface area contributed by atoms with Gasteiger partial charge in [0.05, 0.1) is 0 Å². The largest absolute Gasteiger partial charge is 0.507 e. The minimum atomic E-state index is -0.838. The van der Waals surface area contributed by atoms with Crippen LogP contribution in [-0.4, -0.2) is 16.8 Å². The maximum atomic E-state index is 11.5. The second kappa shape index (κ2) is 4.22. The molecule has 0 radical (unpaired) electrons. The third-order valence-electron chi connectivity index (χ3n) is 2.48. The number of cyclic esters (lactones) is 1. The minimum Gasteiger partial charge on any atom is -0.507 e. The van der Waals surface area contributed by atoms with E-state index in [0.717, 1.165) is 0 Å². The molecule has 2 N–H and O–H groups in total. The highest BCUT2D eigenvalue weighted by atomic mass is 35.5. The van der Waals surface area contributed by atoms with Crippen molar-refractivity contribution < 1.29 is 14.6 Å². The Bertz CT molecular complexity index is 519. The van der Waals surface area contributed by atoms with Gasteiger partial charge in [-0.2, -0.15) is 0 Å². The molecule has 1 heterocycles. The quantitative estimate of drug-likeness (QED) is 0.627. The lowest BCUT2D eigenvalue weighted by atomic mass is 10.0. The predicted octanol–water partition coefficient (Wildman–Crippen LogP) is 2.79. The second-order valence-electron chi connectivity index (χ2n) is 3.72. The van der Waals surface area contributed by atoms with Crippen LogP contribution in [0.4, 0.5) is 0 Å². The maximum Gasteiger partial charge on any atom is 0.344 e. The number of ether oxygens (including phenoxy) is 1. The van der Waals surface area contributed by atoms with Crippen LogP contribution in [0.5, 0.6) is 0 Å². The summed E-state index contributed by atoms with van der Waals surface area (Å²) in [5, 5.41) is 17.8. The Morgan fingerprint density at radius 1 is 1.41 bits per heavy atom. The summed E-state index contributed by atoms with van der Waals surface area (Å²) in [5.74, 6) is -0.889. The van der Waals surface area contributed by atoms with Crippen LogP contribution in [0, 0.1) is 5.41 Å². The lowest BCUT2D eigenvalue weighted by molar-refractivity contribution is -0.140. The number of halogens is 1. The third-order valence-corrected chi connectivity index (χ3v) is 2.73. The van der Waals surface area contributed by atoms with E-state index in [1.54, 1.807) is 24.3 Å². The molecular weight excluding hydrogens is 242 g/mol. The number of carbonyl (C=O) groups excluding carboxylic acids is 1. The maximum absolute atomic E-state index is 11.5. The van der Waals surface area contributed by atoms with Crippen LogP contribution in [0.15, 0.2) is 35.6 Å². The number of nitrogens with one attached hydrogen (secondary N) is 1. The summed E-state index contributed by atoms with van der Waals surface area (Å²) in [6.45, 7) is 1.43. The summed E-state index contributed by atoms with van der Waals surface area (Å²) in [6.07, 6.45) is -0.838. The number of aliphatic hydroxyl groups is 1. The van der Waals surface area contributed by atoms with Crippen LogP contribution in [-0.2, 0) is 9.53 Å². The first-order chi connectivity index (χ1) is 8.00. The molecule has 0 aromatic heterocycles. The zero-order valence-electron chi connectivity index (χ0n) is 9.03. The Morgan fingerprint density at radius 2 is 2.00 bits per heavy atom. The molecule has 0 aliphatic carbocycles. The molecule has 1 aromatic rings. The number of rotatable bonds is 2. The first kappa shape index (κ1) is 11.7. The second-order valence-corrected chi connectivity index (χ2v) is 4.16. The minimum absolute atomic E-state index is 0.0102. The standard InChI is InChI=1S/C12H10ClNO3/c1-6(14)9-10(15)11(17-12(9)16)7-2-4-8(13)5-3-7/h2-5,11,14-15H,1H3. The average molecular weight is 252 g/mol. The van der Waals surface area contributed by atoms with Crippen molar-refractivity contribution in [1.82, 2.24) is 0 Å². The van der Waals surface area contributed by atoms with Crippen molar-refractivity contribution in [3.8, 4) is 0 Å². The fourth-order valence-corrected chi connectivity index (χ4v) is 1.79. The molecule has 0 fully saturated rings. The van der Waals surface area contributed by atoms with Crippen molar-refractivity contribution in [1.29, 1.82) is 5.41 Å². The van der Waals surface area contributed by atoms with Gasteiger partial charge in [-0.25, -0.2) is 4.79 Å². The topological polar surface area (TPSA) is 70.4 Å². The van der Waals surface area contributed by atoms with Gasteiger partial charge >= 0.3 is 5.97 Å². The molecule has 1 atom stereocenters. The van der Waals surface area contributed by atoms with E-state index in [1.165, 1.54) is 6.92 Å². The van der Waals surface area contributed by atoms with Gasteiger partial charge in [0.1, 0.15) is 5.57 Å². The molecule has 0 bridgehead atoms. The summed E-state index contributed by atoms with van der Waals surface area (Å²) in [5.41, 5.74) is 0.547. The van der Waals surface area contributed by atoms with E-state index in [9.17, 15) is 9.90 Å². The SMILES string of the molecule is CC(=N)C1=C(O)C(c2ccc(Cl)cc2)OC1=O. The van der Waals surface area contributed by atoms with Gasteiger partial charge in [-0.15, -0.1) is 0 Å². The molecule has 0 amide bonds. The zero-order valence-corrected chi connectivity index (χ0v) is 9.78. The van der Waals surface area contributed by atoms with Crippen LogP contribution in [0.25, 0.3) is 0 Å². The number of aliphatic hydroxyl groups excluding tert-OH is 1. The van der Waals surface area contributed by atoms with Gasteiger partial charge in [0, 0.05) is 16.3 Å². The highest BCUT2D eigenvalue weighted by molar-refractivity contribution is 6.30. The van der Waals surface area contributed by atoms with Gasteiger partial charge in [-0.1, -0.05) is 23.7 Å². The zero-order chi connectivity index (χ0) is 12.6. The fourth-order valence-electron chi connectivity index (χ4n) is 1.67. The summed E-state index contributed by atoms with van der Waals surface area (Å²) >= 11 is 5.75. The van der Waals surface area contributed by atoms with Crippen LogP contribution in [0.1, 0.15) is 18.6 Å². The van der Waals surface area contributed by atoms with E-state index in [4.69, 9.17) is 21.7 Å². The Labute approximate surface area is 103 Å².